The lowest BCUT2D eigenvalue weighted by atomic mass is 10.0. The molecule has 0 aliphatic carbocycles. The van der Waals surface area contributed by atoms with E-state index in [0.29, 0.717) is 41.6 Å². The number of para-hydroxylation sites is 1. The van der Waals surface area contributed by atoms with Gasteiger partial charge >= 0.3 is 0 Å². The van der Waals surface area contributed by atoms with E-state index in [-0.39, 0.29) is 36.8 Å². The van der Waals surface area contributed by atoms with Crippen molar-refractivity contribution < 1.29 is 18.8 Å². The van der Waals surface area contributed by atoms with Gasteiger partial charge in [-0.15, -0.1) is 0 Å². The standard InChI is InChI=1S/C24H25ClFN5O3/c25-17-3-1-2-14(22(17)27)12-29-6-8-30(9-7-29)20-10-15-13-31(24(34)16(15)11-18(20)26)19-4-5-21(32)28-23(19)33/h1-3,10-11,19H,4-9,12-13,27H2,(H,28,32,33). The number of piperidine rings is 1. The Balaban J connectivity index is 1.27. The summed E-state index contributed by atoms with van der Waals surface area (Å²) in [6, 6.07) is 7.88. The summed E-state index contributed by atoms with van der Waals surface area (Å²) in [7, 11) is 0. The number of halogens is 2. The van der Waals surface area contributed by atoms with Gasteiger partial charge in [0, 0.05) is 51.3 Å². The average molecular weight is 486 g/mol. The SMILES string of the molecule is Nc1c(Cl)cccc1CN1CCN(c2cc3c(cc2F)C(=O)N(C2CCC(=O)NC2=O)C3)CC1. The molecule has 1 unspecified atom stereocenters. The molecule has 1 atom stereocenters. The lowest BCUT2D eigenvalue weighted by Crippen LogP contribution is -2.52. The molecule has 0 spiro atoms. The number of piperazine rings is 1. The van der Waals surface area contributed by atoms with Crippen LogP contribution in [0.5, 0.6) is 0 Å². The van der Waals surface area contributed by atoms with Crippen molar-refractivity contribution in [2.45, 2.75) is 32.0 Å². The summed E-state index contributed by atoms with van der Waals surface area (Å²) in [5, 5.41) is 2.82. The first kappa shape index (κ1) is 22.6. The van der Waals surface area contributed by atoms with Gasteiger partial charge in [0.25, 0.3) is 5.91 Å². The zero-order valence-electron chi connectivity index (χ0n) is 18.5. The van der Waals surface area contributed by atoms with Crippen LogP contribution in [0.25, 0.3) is 0 Å². The van der Waals surface area contributed by atoms with Crippen LogP contribution in [-0.2, 0) is 22.7 Å². The van der Waals surface area contributed by atoms with Gasteiger partial charge in [-0.2, -0.15) is 0 Å². The predicted octanol–water partition coefficient (Wildman–Crippen LogP) is 2.14. The molecule has 34 heavy (non-hydrogen) atoms. The van der Waals surface area contributed by atoms with Gasteiger partial charge in [0.2, 0.25) is 11.8 Å². The van der Waals surface area contributed by atoms with Gasteiger partial charge < -0.3 is 15.5 Å². The summed E-state index contributed by atoms with van der Waals surface area (Å²) in [6.07, 6.45) is 0.458. The molecule has 3 aliphatic heterocycles. The number of nitrogens with two attached hydrogens (primary N) is 1. The van der Waals surface area contributed by atoms with Gasteiger partial charge in [0.15, 0.2) is 0 Å². The molecular formula is C24H25ClFN5O3. The quantitative estimate of drug-likeness (QED) is 0.508. The highest BCUT2D eigenvalue weighted by molar-refractivity contribution is 6.33. The van der Waals surface area contributed by atoms with Crippen LogP contribution in [0.3, 0.4) is 0 Å². The van der Waals surface area contributed by atoms with E-state index in [4.69, 9.17) is 17.3 Å². The van der Waals surface area contributed by atoms with E-state index in [1.54, 1.807) is 12.1 Å². The molecule has 0 aromatic heterocycles. The number of hydrogen-bond donors (Lipinski definition) is 2. The third-order valence-corrected chi connectivity index (χ3v) is 7.17. The Morgan fingerprint density at radius 1 is 1.12 bits per heavy atom. The number of anilines is 2. The van der Waals surface area contributed by atoms with Crippen LogP contribution in [0.1, 0.15) is 34.3 Å². The van der Waals surface area contributed by atoms with Crippen molar-refractivity contribution in [3.63, 3.8) is 0 Å². The van der Waals surface area contributed by atoms with Gasteiger partial charge in [-0.05, 0) is 35.7 Å². The van der Waals surface area contributed by atoms with Crippen molar-refractivity contribution in [2.24, 2.45) is 0 Å². The summed E-state index contributed by atoms with van der Waals surface area (Å²) < 4.78 is 15.1. The Morgan fingerprint density at radius 3 is 2.62 bits per heavy atom. The van der Waals surface area contributed by atoms with Crippen LogP contribution in [0.15, 0.2) is 30.3 Å². The second-order valence-corrected chi connectivity index (χ2v) is 9.34. The second kappa shape index (κ2) is 8.88. The molecule has 0 bridgehead atoms. The van der Waals surface area contributed by atoms with Crippen LogP contribution in [0.4, 0.5) is 15.8 Å². The number of rotatable bonds is 4. The first-order valence-corrected chi connectivity index (χ1v) is 11.7. The molecule has 178 valence electrons. The number of carbonyl (C=O) groups excluding carboxylic acids is 3. The Kier molecular flexibility index (Phi) is 5.91. The number of nitrogens with one attached hydrogen (secondary N) is 1. The molecule has 3 N–H and O–H groups in total. The van der Waals surface area contributed by atoms with Crippen molar-refractivity contribution in [2.75, 3.05) is 36.8 Å². The molecule has 5 rings (SSSR count). The van der Waals surface area contributed by atoms with Crippen LogP contribution in [0, 0.1) is 5.82 Å². The van der Waals surface area contributed by atoms with Crippen molar-refractivity contribution in [3.05, 3.63) is 57.9 Å². The molecule has 0 saturated carbocycles. The Bertz CT molecular complexity index is 1180. The highest BCUT2D eigenvalue weighted by Crippen LogP contribution is 2.33. The summed E-state index contributed by atoms with van der Waals surface area (Å²) in [4.78, 5) is 42.2. The van der Waals surface area contributed by atoms with Gasteiger partial charge in [0.05, 0.1) is 16.4 Å². The Morgan fingerprint density at radius 2 is 1.88 bits per heavy atom. The van der Waals surface area contributed by atoms with Crippen molar-refractivity contribution in [1.29, 1.82) is 0 Å². The molecular weight excluding hydrogens is 461 g/mol. The maximum Gasteiger partial charge on any atom is 0.255 e. The molecule has 2 saturated heterocycles. The minimum atomic E-state index is -0.716. The lowest BCUT2D eigenvalue weighted by Gasteiger charge is -2.36. The summed E-state index contributed by atoms with van der Waals surface area (Å²) in [5.41, 5.74) is 9.07. The highest BCUT2D eigenvalue weighted by atomic mass is 35.5. The monoisotopic (exact) mass is 485 g/mol. The molecule has 2 fully saturated rings. The van der Waals surface area contributed by atoms with Gasteiger partial charge in [-0.25, -0.2) is 4.39 Å². The van der Waals surface area contributed by atoms with Crippen molar-refractivity contribution >= 4 is 40.7 Å². The zero-order chi connectivity index (χ0) is 24.0. The van der Waals surface area contributed by atoms with E-state index >= 15 is 4.39 Å². The number of amides is 3. The smallest absolute Gasteiger partial charge is 0.255 e. The van der Waals surface area contributed by atoms with Crippen LogP contribution in [-0.4, -0.2) is 59.7 Å². The minimum Gasteiger partial charge on any atom is -0.397 e. The van der Waals surface area contributed by atoms with Crippen LogP contribution < -0.4 is 16.0 Å². The molecule has 2 aromatic rings. The Labute approximate surface area is 201 Å². The van der Waals surface area contributed by atoms with E-state index in [9.17, 15) is 14.4 Å². The number of imide groups is 1. The highest BCUT2D eigenvalue weighted by Gasteiger charge is 2.40. The molecule has 2 aromatic carbocycles. The van der Waals surface area contributed by atoms with Crippen LogP contribution >= 0.6 is 11.6 Å². The average Bonchev–Trinajstić information content (AvgIpc) is 3.12. The second-order valence-electron chi connectivity index (χ2n) is 8.94. The Hall–Kier alpha value is -3.17. The maximum absolute atomic E-state index is 15.1. The third kappa shape index (κ3) is 4.10. The largest absolute Gasteiger partial charge is 0.397 e. The van der Waals surface area contributed by atoms with Crippen LogP contribution in [0.2, 0.25) is 5.02 Å². The molecule has 3 amide bonds. The summed E-state index contributed by atoms with van der Waals surface area (Å²) in [6.45, 7) is 3.60. The predicted molar refractivity (Wildman–Crippen MR) is 126 cm³/mol. The molecule has 3 heterocycles. The maximum atomic E-state index is 15.1. The third-order valence-electron chi connectivity index (χ3n) is 6.84. The summed E-state index contributed by atoms with van der Waals surface area (Å²) in [5.74, 6) is -1.64. The number of hydrogen-bond acceptors (Lipinski definition) is 6. The van der Waals surface area contributed by atoms with E-state index in [1.807, 2.05) is 17.0 Å². The van der Waals surface area contributed by atoms with E-state index in [1.165, 1.54) is 11.0 Å². The van der Waals surface area contributed by atoms with E-state index in [2.05, 4.69) is 10.2 Å². The number of nitrogen functional groups attached to an aromatic ring is 1. The van der Waals surface area contributed by atoms with E-state index < -0.39 is 17.8 Å². The number of benzene rings is 2. The number of fused-ring (bicyclic) bond motifs is 1. The minimum absolute atomic E-state index is 0.182. The topological polar surface area (TPSA) is 99.0 Å². The summed E-state index contributed by atoms with van der Waals surface area (Å²) >= 11 is 6.13. The molecule has 3 aliphatic rings. The van der Waals surface area contributed by atoms with Gasteiger partial charge in [-0.1, -0.05) is 23.7 Å². The van der Waals surface area contributed by atoms with Gasteiger partial charge in [-0.3, -0.25) is 24.6 Å². The first-order chi connectivity index (χ1) is 16.3. The fraction of sp³-hybridized carbons (Fsp3) is 0.375. The first-order valence-electron chi connectivity index (χ1n) is 11.3. The van der Waals surface area contributed by atoms with Crippen molar-refractivity contribution in [1.82, 2.24) is 15.1 Å². The molecule has 0 radical (unpaired) electrons. The lowest BCUT2D eigenvalue weighted by molar-refractivity contribution is -0.136. The fourth-order valence-electron chi connectivity index (χ4n) is 4.93. The molecule has 10 heteroatoms. The van der Waals surface area contributed by atoms with E-state index in [0.717, 1.165) is 18.7 Å². The normalized spacial score (nSPS) is 21.1. The number of carbonyl (C=O) groups is 3. The van der Waals surface area contributed by atoms with Gasteiger partial charge in [0.1, 0.15) is 11.9 Å². The number of nitrogens with zero attached hydrogens (tertiary/aromatic N) is 3. The van der Waals surface area contributed by atoms with Crippen molar-refractivity contribution in [3.8, 4) is 0 Å². The molecule has 8 nitrogen and oxygen atoms in total. The fourth-order valence-corrected chi connectivity index (χ4v) is 5.12. The zero-order valence-corrected chi connectivity index (χ0v) is 19.3.